The van der Waals surface area contributed by atoms with Gasteiger partial charge in [0.05, 0.1) is 13.7 Å². The summed E-state index contributed by atoms with van der Waals surface area (Å²) in [6.07, 6.45) is 0. The molecule has 5 nitrogen and oxygen atoms in total. The first kappa shape index (κ1) is 21.3. The molecule has 0 amide bonds. The van der Waals surface area contributed by atoms with Crippen molar-refractivity contribution in [3.63, 3.8) is 0 Å². The Bertz CT molecular complexity index is 722. The first-order chi connectivity index (χ1) is 12.8. The largest absolute Gasteiger partial charge is 0.493 e. The molecule has 0 saturated heterocycles. The fourth-order valence-corrected chi connectivity index (χ4v) is 3.18. The van der Waals surface area contributed by atoms with Crippen molar-refractivity contribution in [2.75, 3.05) is 20.2 Å². The van der Waals surface area contributed by atoms with Crippen LogP contribution < -0.4 is 9.47 Å². The minimum absolute atomic E-state index is 0.216. The van der Waals surface area contributed by atoms with Gasteiger partial charge in [-0.1, -0.05) is 19.1 Å². The third-order valence-corrected chi connectivity index (χ3v) is 4.65. The Morgan fingerprint density at radius 2 is 1.96 bits per heavy atom. The van der Waals surface area contributed by atoms with E-state index in [0.29, 0.717) is 24.7 Å². The zero-order valence-corrected chi connectivity index (χ0v) is 17.6. The van der Waals surface area contributed by atoms with Crippen molar-refractivity contribution in [2.24, 2.45) is 0 Å². The summed E-state index contributed by atoms with van der Waals surface area (Å²) in [6, 6.07) is 9.93. The lowest BCUT2D eigenvalue weighted by atomic mass is 10.2. The normalized spacial score (nSPS) is 11.5. The average molecular weight is 392 g/mol. The highest BCUT2D eigenvalue weighted by Gasteiger charge is 2.19. The van der Waals surface area contributed by atoms with E-state index in [1.807, 2.05) is 68.3 Å². The number of hydrogen-bond acceptors (Lipinski definition) is 6. The molecule has 0 unspecified atom stereocenters. The van der Waals surface area contributed by atoms with E-state index in [9.17, 15) is 4.79 Å². The molecule has 0 radical (unpaired) electrons. The van der Waals surface area contributed by atoms with E-state index in [0.717, 1.165) is 17.0 Å². The number of esters is 1. The molecule has 0 bridgehead atoms. The molecule has 2 rings (SSSR count). The quantitative estimate of drug-likeness (QED) is 0.589. The number of hydrogen-bond donors (Lipinski definition) is 0. The fraction of sp³-hybridized carbons (Fsp3) is 0.476. The van der Waals surface area contributed by atoms with E-state index in [4.69, 9.17) is 14.2 Å². The van der Waals surface area contributed by atoms with Gasteiger partial charge in [-0.05, 0) is 56.5 Å². The zero-order valence-electron chi connectivity index (χ0n) is 16.8. The van der Waals surface area contributed by atoms with Crippen molar-refractivity contribution in [3.05, 3.63) is 46.2 Å². The molecule has 0 atom stereocenters. The predicted octanol–water partition coefficient (Wildman–Crippen LogP) is 4.50. The first-order valence-electron chi connectivity index (χ1n) is 9.07. The molecule has 1 heterocycles. The lowest BCUT2D eigenvalue weighted by Crippen LogP contribution is -2.34. The molecule has 6 heteroatoms. The van der Waals surface area contributed by atoms with Crippen LogP contribution >= 0.6 is 11.3 Å². The van der Waals surface area contributed by atoms with Crippen LogP contribution in [-0.2, 0) is 22.7 Å². The molecular weight excluding hydrogens is 362 g/mol. The number of nitrogens with zero attached hydrogens (tertiary/aromatic N) is 1. The number of benzene rings is 1. The SMILES string of the molecule is CCN(CC(=O)OC(C)(C)C)Cc1ccc(OCc2cccs2)c(OC)c1. The molecule has 0 spiro atoms. The molecule has 27 heavy (non-hydrogen) atoms. The van der Waals surface area contributed by atoms with Crippen LogP contribution in [0.25, 0.3) is 0 Å². The van der Waals surface area contributed by atoms with Crippen LogP contribution in [0.1, 0.15) is 38.1 Å². The van der Waals surface area contributed by atoms with Crippen molar-refractivity contribution in [1.29, 1.82) is 0 Å². The van der Waals surface area contributed by atoms with Gasteiger partial charge in [-0.2, -0.15) is 0 Å². The molecular formula is C21H29NO4S. The maximum atomic E-state index is 12.1. The highest BCUT2D eigenvalue weighted by molar-refractivity contribution is 7.09. The number of carbonyl (C=O) groups is 1. The number of likely N-dealkylation sites (N-methyl/N-ethyl adjacent to an activating group) is 1. The van der Waals surface area contributed by atoms with Gasteiger partial charge in [0, 0.05) is 11.4 Å². The monoisotopic (exact) mass is 391 g/mol. The predicted molar refractivity (Wildman–Crippen MR) is 108 cm³/mol. The minimum atomic E-state index is -0.471. The smallest absolute Gasteiger partial charge is 0.320 e. The van der Waals surface area contributed by atoms with E-state index >= 15 is 0 Å². The van der Waals surface area contributed by atoms with Gasteiger partial charge in [-0.25, -0.2) is 0 Å². The maximum Gasteiger partial charge on any atom is 0.320 e. The summed E-state index contributed by atoms with van der Waals surface area (Å²) in [6.45, 7) is 9.82. The third kappa shape index (κ3) is 7.23. The van der Waals surface area contributed by atoms with Crippen LogP contribution in [0.4, 0.5) is 0 Å². The van der Waals surface area contributed by atoms with Crippen LogP contribution in [-0.4, -0.2) is 36.7 Å². The fourth-order valence-electron chi connectivity index (χ4n) is 2.57. The molecule has 148 valence electrons. The molecule has 1 aromatic carbocycles. The number of methoxy groups -OCH3 is 1. The summed E-state index contributed by atoms with van der Waals surface area (Å²) < 4.78 is 16.8. The summed E-state index contributed by atoms with van der Waals surface area (Å²) in [7, 11) is 1.63. The molecule has 2 aromatic rings. The number of ether oxygens (including phenoxy) is 3. The zero-order chi connectivity index (χ0) is 19.9. The molecule has 1 aromatic heterocycles. The highest BCUT2D eigenvalue weighted by Crippen LogP contribution is 2.29. The van der Waals surface area contributed by atoms with Crippen LogP contribution in [0, 0.1) is 0 Å². The topological polar surface area (TPSA) is 48.0 Å². The summed E-state index contributed by atoms with van der Waals surface area (Å²) in [5.74, 6) is 1.19. The average Bonchev–Trinajstić information content (AvgIpc) is 3.11. The van der Waals surface area contributed by atoms with Crippen molar-refractivity contribution < 1.29 is 19.0 Å². The minimum Gasteiger partial charge on any atom is -0.493 e. The molecule has 0 fully saturated rings. The van der Waals surface area contributed by atoms with E-state index in [1.54, 1.807) is 18.4 Å². The Morgan fingerprint density at radius 3 is 2.56 bits per heavy atom. The molecule has 0 saturated carbocycles. The number of thiophene rings is 1. The van der Waals surface area contributed by atoms with Crippen molar-refractivity contribution in [1.82, 2.24) is 4.90 Å². The third-order valence-electron chi connectivity index (χ3n) is 3.80. The van der Waals surface area contributed by atoms with Gasteiger partial charge in [-0.3, -0.25) is 9.69 Å². The van der Waals surface area contributed by atoms with Crippen molar-refractivity contribution in [3.8, 4) is 11.5 Å². The summed E-state index contributed by atoms with van der Waals surface area (Å²) in [5.41, 5.74) is 0.585. The lowest BCUT2D eigenvalue weighted by Gasteiger charge is -2.24. The van der Waals surface area contributed by atoms with Gasteiger partial charge >= 0.3 is 5.97 Å². The van der Waals surface area contributed by atoms with Gasteiger partial charge in [0.15, 0.2) is 11.5 Å². The second kappa shape index (κ2) is 9.76. The van der Waals surface area contributed by atoms with E-state index in [-0.39, 0.29) is 12.5 Å². The van der Waals surface area contributed by atoms with E-state index < -0.39 is 5.60 Å². The van der Waals surface area contributed by atoms with E-state index in [2.05, 4.69) is 0 Å². The van der Waals surface area contributed by atoms with Gasteiger partial charge in [0.1, 0.15) is 12.2 Å². The van der Waals surface area contributed by atoms with E-state index in [1.165, 1.54) is 0 Å². The van der Waals surface area contributed by atoms with Crippen LogP contribution in [0.15, 0.2) is 35.7 Å². The standard InChI is InChI=1S/C21H29NO4S/c1-6-22(14-20(23)26-21(2,3)4)13-16-9-10-18(19(12-16)24-5)25-15-17-8-7-11-27-17/h7-12H,6,13-15H2,1-5H3. The Balaban J connectivity index is 1.99. The summed E-state index contributed by atoms with van der Waals surface area (Å²) in [5, 5.41) is 2.03. The molecule has 0 N–H and O–H groups in total. The Morgan fingerprint density at radius 1 is 1.19 bits per heavy atom. The Kier molecular flexibility index (Phi) is 7.68. The van der Waals surface area contributed by atoms with Crippen molar-refractivity contribution in [2.45, 2.75) is 46.4 Å². The second-order valence-corrected chi connectivity index (χ2v) is 8.28. The van der Waals surface area contributed by atoms with Gasteiger partial charge < -0.3 is 14.2 Å². The molecule has 0 aliphatic heterocycles. The van der Waals surface area contributed by atoms with Crippen molar-refractivity contribution >= 4 is 17.3 Å². The lowest BCUT2D eigenvalue weighted by molar-refractivity contribution is -0.156. The maximum absolute atomic E-state index is 12.1. The van der Waals surface area contributed by atoms with Crippen LogP contribution in [0.5, 0.6) is 11.5 Å². The summed E-state index contributed by atoms with van der Waals surface area (Å²) >= 11 is 1.66. The first-order valence-corrected chi connectivity index (χ1v) is 9.95. The van der Waals surface area contributed by atoms with Gasteiger partial charge in [0.2, 0.25) is 0 Å². The Labute approximate surface area is 165 Å². The Hall–Kier alpha value is -2.05. The highest BCUT2D eigenvalue weighted by atomic mass is 32.1. The van der Waals surface area contributed by atoms with Gasteiger partial charge in [0.25, 0.3) is 0 Å². The molecule has 0 aliphatic carbocycles. The van der Waals surface area contributed by atoms with Crippen LogP contribution in [0.2, 0.25) is 0 Å². The summed E-state index contributed by atoms with van der Waals surface area (Å²) in [4.78, 5) is 15.3. The van der Waals surface area contributed by atoms with Crippen LogP contribution in [0.3, 0.4) is 0 Å². The molecule has 0 aliphatic rings. The number of carbonyl (C=O) groups excluding carboxylic acids is 1. The number of rotatable bonds is 9. The second-order valence-electron chi connectivity index (χ2n) is 7.24. The van der Waals surface area contributed by atoms with Gasteiger partial charge in [-0.15, -0.1) is 11.3 Å².